The van der Waals surface area contributed by atoms with Gasteiger partial charge in [-0.1, -0.05) is 0 Å². The standard InChI is InChI=1S/C13H18N4O3S/c1-19-7-5-14-13-15-11(9-21-13)10-3-4-12(18)17(16-10)6-8-20-2/h3-4,9H,5-8H2,1-2H3,(H,14,15). The molecule has 2 aromatic rings. The van der Waals surface area contributed by atoms with Crippen molar-refractivity contribution in [1.29, 1.82) is 0 Å². The van der Waals surface area contributed by atoms with Gasteiger partial charge < -0.3 is 14.8 Å². The molecule has 0 aliphatic heterocycles. The van der Waals surface area contributed by atoms with Gasteiger partial charge in [0.25, 0.3) is 5.56 Å². The van der Waals surface area contributed by atoms with Crippen molar-refractivity contribution >= 4 is 16.5 Å². The molecule has 0 saturated carbocycles. The highest BCUT2D eigenvalue weighted by Crippen LogP contribution is 2.22. The zero-order valence-corrected chi connectivity index (χ0v) is 12.9. The summed E-state index contributed by atoms with van der Waals surface area (Å²) in [5.41, 5.74) is 1.26. The van der Waals surface area contributed by atoms with Crippen molar-refractivity contribution in [3.8, 4) is 11.4 Å². The third-order valence-electron chi connectivity index (χ3n) is 2.72. The van der Waals surface area contributed by atoms with Gasteiger partial charge in [0.1, 0.15) is 11.4 Å². The molecular weight excluding hydrogens is 292 g/mol. The van der Waals surface area contributed by atoms with Gasteiger partial charge in [-0.3, -0.25) is 4.79 Å². The Morgan fingerprint density at radius 1 is 1.24 bits per heavy atom. The maximum Gasteiger partial charge on any atom is 0.266 e. The van der Waals surface area contributed by atoms with Crippen LogP contribution in [0.2, 0.25) is 0 Å². The summed E-state index contributed by atoms with van der Waals surface area (Å²) in [6.45, 7) is 2.18. The molecule has 0 spiro atoms. The second-order valence-electron chi connectivity index (χ2n) is 4.23. The molecular formula is C13H18N4O3S. The number of methoxy groups -OCH3 is 2. The van der Waals surface area contributed by atoms with Gasteiger partial charge in [0, 0.05) is 32.2 Å². The van der Waals surface area contributed by atoms with Crippen LogP contribution in [0.3, 0.4) is 0 Å². The van der Waals surface area contributed by atoms with E-state index in [1.165, 1.54) is 22.1 Å². The topological polar surface area (TPSA) is 78.3 Å². The van der Waals surface area contributed by atoms with Crippen molar-refractivity contribution in [2.75, 3.05) is 39.3 Å². The summed E-state index contributed by atoms with van der Waals surface area (Å²) in [6, 6.07) is 3.18. The lowest BCUT2D eigenvalue weighted by atomic mass is 10.3. The summed E-state index contributed by atoms with van der Waals surface area (Å²) in [4.78, 5) is 16.1. The van der Waals surface area contributed by atoms with Crippen LogP contribution in [0.25, 0.3) is 11.4 Å². The van der Waals surface area contributed by atoms with Gasteiger partial charge in [-0.25, -0.2) is 9.67 Å². The Kier molecular flexibility index (Phi) is 5.85. The van der Waals surface area contributed by atoms with Crippen LogP contribution in [0.1, 0.15) is 0 Å². The molecule has 2 aromatic heterocycles. The van der Waals surface area contributed by atoms with E-state index in [9.17, 15) is 4.79 Å². The molecule has 21 heavy (non-hydrogen) atoms. The number of thiazole rings is 1. The predicted octanol–water partition coefficient (Wildman–Crippen LogP) is 1.07. The first-order valence-corrected chi connectivity index (χ1v) is 7.38. The van der Waals surface area contributed by atoms with E-state index in [4.69, 9.17) is 9.47 Å². The number of rotatable bonds is 8. The Morgan fingerprint density at radius 3 is 2.81 bits per heavy atom. The van der Waals surface area contributed by atoms with E-state index in [2.05, 4.69) is 15.4 Å². The van der Waals surface area contributed by atoms with E-state index in [1.807, 2.05) is 5.38 Å². The van der Waals surface area contributed by atoms with E-state index in [-0.39, 0.29) is 5.56 Å². The van der Waals surface area contributed by atoms with Crippen molar-refractivity contribution < 1.29 is 9.47 Å². The molecule has 0 radical (unpaired) electrons. The van der Waals surface area contributed by atoms with Crippen LogP contribution in [-0.2, 0) is 16.0 Å². The number of ether oxygens (including phenoxy) is 2. The van der Waals surface area contributed by atoms with Crippen LogP contribution in [0.5, 0.6) is 0 Å². The molecule has 7 nitrogen and oxygen atoms in total. The Bertz CT molecular complexity index is 626. The van der Waals surface area contributed by atoms with Crippen LogP contribution in [0.4, 0.5) is 5.13 Å². The highest BCUT2D eigenvalue weighted by atomic mass is 32.1. The SMILES string of the molecule is COCCNc1nc(-c2ccc(=O)n(CCOC)n2)cs1. The summed E-state index contributed by atoms with van der Waals surface area (Å²) in [7, 11) is 3.25. The second-order valence-corrected chi connectivity index (χ2v) is 5.09. The van der Waals surface area contributed by atoms with E-state index >= 15 is 0 Å². The Balaban J connectivity index is 2.12. The zero-order valence-electron chi connectivity index (χ0n) is 12.0. The van der Waals surface area contributed by atoms with Gasteiger partial charge >= 0.3 is 0 Å². The van der Waals surface area contributed by atoms with Crippen LogP contribution < -0.4 is 10.9 Å². The molecule has 0 aromatic carbocycles. The Hall–Kier alpha value is -1.77. The fraction of sp³-hybridized carbons (Fsp3) is 0.462. The minimum atomic E-state index is -0.149. The lowest BCUT2D eigenvalue weighted by Gasteiger charge is -2.04. The van der Waals surface area contributed by atoms with E-state index < -0.39 is 0 Å². The fourth-order valence-corrected chi connectivity index (χ4v) is 2.39. The number of nitrogens with one attached hydrogen (secondary N) is 1. The smallest absolute Gasteiger partial charge is 0.266 e. The quantitative estimate of drug-likeness (QED) is 0.735. The van der Waals surface area contributed by atoms with Gasteiger partial charge in [0.15, 0.2) is 5.13 Å². The van der Waals surface area contributed by atoms with E-state index in [1.54, 1.807) is 20.3 Å². The van der Waals surface area contributed by atoms with Gasteiger partial charge in [-0.2, -0.15) is 5.10 Å². The first-order chi connectivity index (χ1) is 10.2. The summed E-state index contributed by atoms with van der Waals surface area (Å²) in [5.74, 6) is 0. The van der Waals surface area contributed by atoms with E-state index in [0.29, 0.717) is 32.0 Å². The first kappa shape index (κ1) is 15.6. The lowest BCUT2D eigenvalue weighted by molar-refractivity contribution is 0.182. The lowest BCUT2D eigenvalue weighted by Crippen LogP contribution is -2.24. The van der Waals surface area contributed by atoms with Crippen molar-refractivity contribution in [3.05, 3.63) is 27.9 Å². The van der Waals surface area contributed by atoms with Crippen molar-refractivity contribution in [1.82, 2.24) is 14.8 Å². The largest absolute Gasteiger partial charge is 0.383 e. The van der Waals surface area contributed by atoms with Crippen LogP contribution in [0, 0.1) is 0 Å². The maximum atomic E-state index is 11.7. The molecule has 1 N–H and O–H groups in total. The fourth-order valence-electron chi connectivity index (χ4n) is 1.66. The first-order valence-electron chi connectivity index (χ1n) is 6.50. The number of nitrogens with zero attached hydrogens (tertiary/aromatic N) is 3. The summed E-state index contributed by atoms with van der Waals surface area (Å²) < 4.78 is 11.3. The highest BCUT2D eigenvalue weighted by Gasteiger charge is 2.08. The van der Waals surface area contributed by atoms with Crippen LogP contribution >= 0.6 is 11.3 Å². The average Bonchev–Trinajstić information content (AvgIpc) is 2.95. The monoisotopic (exact) mass is 310 g/mol. The highest BCUT2D eigenvalue weighted by molar-refractivity contribution is 7.14. The molecule has 0 aliphatic rings. The molecule has 0 atom stereocenters. The number of aromatic nitrogens is 3. The third-order valence-corrected chi connectivity index (χ3v) is 3.52. The Morgan fingerprint density at radius 2 is 2.05 bits per heavy atom. The molecule has 0 unspecified atom stereocenters. The second kappa shape index (κ2) is 7.87. The molecule has 0 bridgehead atoms. The maximum absolute atomic E-state index is 11.7. The predicted molar refractivity (Wildman–Crippen MR) is 81.8 cm³/mol. The Labute approximate surface area is 126 Å². The van der Waals surface area contributed by atoms with Gasteiger partial charge in [0.05, 0.1) is 19.8 Å². The van der Waals surface area contributed by atoms with Gasteiger partial charge in [-0.15, -0.1) is 11.3 Å². The molecule has 2 rings (SSSR count). The molecule has 8 heteroatoms. The molecule has 114 valence electrons. The van der Waals surface area contributed by atoms with Crippen LogP contribution in [-0.4, -0.2) is 48.7 Å². The molecule has 0 saturated heterocycles. The molecule has 0 amide bonds. The normalized spacial score (nSPS) is 10.8. The van der Waals surface area contributed by atoms with Crippen LogP contribution in [0.15, 0.2) is 22.3 Å². The third kappa shape index (κ3) is 4.35. The summed E-state index contributed by atoms with van der Waals surface area (Å²) >= 11 is 1.49. The molecule has 0 aliphatic carbocycles. The van der Waals surface area contributed by atoms with Gasteiger partial charge in [-0.05, 0) is 6.07 Å². The van der Waals surface area contributed by atoms with Crippen molar-refractivity contribution in [2.24, 2.45) is 0 Å². The molecule has 0 fully saturated rings. The zero-order chi connectivity index (χ0) is 15.1. The van der Waals surface area contributed by atoms with Crippen molar-refractivity contribution in [3.63, 3.8) is 0 Å². The van der Waals surface area contributed by atoms with E-state index in [0.717, 1.165) is 10.8 Å². The number of hydrogen-bond acceptors (Lipinski definition) is 7. The minimum Gasteiger partial charge on any atom is -0.383 e. The average molecular weight is 310 g/mol. The van der Waals surface area contributed by atoms with Crippen molar-refractivity contribution in [2.45, 2.75) is 6.54 Å². The number of anilines is 1. The summed E-state index contributed by atoms with van der Waals surface area (Å²) in [5, 5.41) is 10.2. The minimum absolute atomic E-state index is 0.149. The summed E-state index contributed by atoms with van der Waals surface area (Å²) in [6.07, 6.45) is 0. The van der Waals surface area contributed by atoms with Gasteiger partial charge in [0.2, 0.25) is 0 Å². The number of hydrogen-bond donors (Lipinski definition) is 1. The molecule has 2 heterocycles.